The third-order valence-corrected chi connectivity index (χ3v) is 3.65. The summed E-state index contributed by atoms with van der Waals surface area (Å²) in [5.74, 6) is -0.122. The number of rotatable bonds is 3. The lowest BCUT2D eigenvalue weighted by Crippen LogP contribution is -2.58. The zero-order chi connectivity index (χ0) is 12.6. The number of fused-ring (bicyclic) bond motifs is 1. The molecule has 1 saturated carbocycles. The van der Waals surface area contributed by atoms with E-state index in [1.54, 1.807) is 29.3 Å². The number of nitrogens with two attached hydrogens (primary N) is 1. The van der Waals surface area contributed by atoms with Gasteiger partial charge in [-0.1, -0.05) is 0 Å². The monoisotopic (exact) mass is 245 g/mol. The molecule has 2 aromatic heterocycles. The first-order valence-electron chi connectivity index (χ1n) is 6.04. The number of nitrogens with one attached hydrogen (secondary N) is 1. The Hall–Kier alpha value is -1.95. The summed E-state index contributed by atoms with van der Waals surface area (Å²) in [4.78, 5) is 16.3. The molecule has 0 radical (unpaired) electrons. The predicted molar refractivity (Wildman–Crippen MR) is 66.1 cm³/mol. The summed E-state index contributed by atoms with van der Waals surface area (Å²) in [6.45, 7) is 0.482. The summed E-state index contributed by atoms with van der Waals surface area (Å²) in [5, 5.41) is 7.15. The van der Waals surface area contributed by atoms with Crippen molar-refractivity contribution >= 4 is 11.4 Å². The molecule has 3 N–H and O–H groups in total. The van der Waals surface area contributed by atoms with Crippen LogP contribution in [0.1, 0.15) is 29.6 Å². The van der Waals surface area contributed by atoms with Crippen molar-refractivity contribution in [2.75, 3.05) is 6.54 Å². The van der Waals surface area contributed by atoms with Crippen molar-refractivity contribution < 1.29 is 4.79 Å². The van der Waals surface area contributed by atoms with Crippen LogP contribution in [0, 0.1) is 0 Å². The summed E-state index contributed by atoms with van der Waals surface area (Å²) in [6.07, 6.45) is 9.57. The van der Waals surface area contributed by atoms with Gasteiger partial charge in [0.1, 0.15) is 0 Å². The van der Waals surface area contributed by atoms with Crippen molar-refractivity contribution in [2.24, 2.45) is 5.73 Å². The van der Waals surface area contributed by atoms with Crippen LogP contribution in [0.2, 0.25) is 0 Å². The van der Waals surface area contributed by atoms with Gasteiger partial charge in [-0.15, -0.1) is 0 Å². The van der Waals surface area contributed by atoms with Crippen LogP contribution in [0.25, 0.3) is 5.52 Å². The van der Waals surface area contributed by atoms with Gasteiger partial charge >= 0.3 is 0 Å². The fourth-order valence-corrected chi connectivity index (χ4v) is 2.30. The first-order valence-corrected chi connectivity index (χ1v) is 6.04. The van der Waals surface area contributed by atoms with Crippen LogP contribution in [0.15, 0.2) is 24.8 Å². The summed E-state index contributed by atoms with van der Waals surface area (Å²) in [5.41, 5.74) is 6.77. The Kier molecular flexibility index (Phi) is 2.52. The van der Waals surface area contributed by atoms with Gasteiger partial charge in [0.05, 0.1) is 29.0 Å². The normalized spacial score (nSPS) is 17.4. The molecular formula is C12H15N5O. The van der Waals surface area contributed by atoms with Crippen molar-refractivity contribution in [3.8, 4) is 0 Å². The molecule has 0 aliphatic heterocycles. The van der Waals surface area contributed by atoms with Gasteiger partial charge in [-0.3, -0.25) is 9.78 Å². The zero-order valence-corrected chi connectivity index (χ0v) is 9.97. The highest BCUT2D eigenvalue weighted by molar-refractivity contribution is 6.00. The van der Waals surface area contributed by atoms with Gasteiger partial charge in [-0.05, 0) is 19.3 Å². The number of carbonyl (C=O) groups excluding carboxylic acids is 1. The summed E-state index contributed by atoms with van der Waals surface area (Å²) >= 11 is 0. The molecule has 18 heavy (non-hydrogen) atoms. The predicted octanol–water partition coefficient (Wildman–Crippen LogP) is 0.341. The third kappa shape index (κ3) is 1.65. The van der Waals surface area contributed by atoms with Gasteiger partial charge < -0.3 is 11.1 Å². The molecule has 0 saturated heterocycles. The smallest absolute Gasteiger partial charge is 0.255 e. The Bertz CT molecular complexity index is 581. The van der Waals surface area contributed by atoms with Crippen LogP contribution in [0.5, 0.6) is 0 Å². The van der Waals surface area contributed by atoms with Crippen LogP contribution in [0.3, 0.4) is 0 Å². The Morgan fingerprint density at radius 1 is 1.50 bits per heavy atom. The van der Waals surface area contributed by atoms with Crippen molar-refractivity contribution in [3.63, 3.8) is 0 Å². The quantitative estimate of drug-likeness (QED) is 0.816. The molecule has 0 bridgehead atoms. The van der Waals surface area contributed by atoms with E-state index in [1.807, 2.05) is 0 Å². The zero-order valence-electron chi connectivity index (χ0n) is 9.97. The Balaban J connectivity index is 1.88. The van der Waals surface area contributed by atoms with Gasteiger partial charge in [0.25, 0.3) is 5.91 Å². The van der Waals surface area contributed by atoms with Gasteiger partial charge in [0, 0.05) is 18.9 Å². The van der Waals surface area contributed by atoms with E-state index >= 15 is 0 Å². The third-order valence-electron chi connectivity index (χ3n) is 3.65. The molecule has 6 nitrogen and oxygen atoms in total. The lowest BCUT2D eigenvalue weighted by molar-refractivity contribution is 0.0839. The molecular weight excluding hydrogens is 230 g/mol. The van der Waals surface area contributed by atoms with Crippen LogP contribution in [-0.4, -0.2) is 32.6 Å². The summed E-state index contributed by atoms with van der Waals surface area (Å²) in [7, 11) is 0. The highest BCUT2D eigenvalue weighted by Crippen LogP contribution is 2.31. The van der Waals surface area contributed by atoms with E-state index in [2.05, 4.69) is 15.4 Å². The molecule has 3 rings (SSSR count). The lowest BCUT2D eigenvalue weighted by atomic mass is 9.76. The van der Waals surface area contributed by atoms with Gasteiger partial charge in [0.2, 0.25) is 0 Å². The van der Waals surface area contributed by atoms with Crippen molar-refractivity contribution in [2.45, 2.75) is 24.8 Å². The Morgan fingerprint density at radius 3 is 3.00 bits per heavy atom. The molecule has 0 aromatic carbocycles. The first-order chi connectivity index (χ1) is 8.74. The highest BCUT2D eigenvalue weighted by atomic mass is 16.1. The molecule has 6 heteroatoms. The fourth-order valence-electron chi connectivity index (χ4n) is 2.30. The standard InChI is InChI=1S/C12H15N5O/c13-8-12(2-1-3-12)16-11(18)9-6-15-17-5-4-14-7-10(9)17/h4-7H,1-3,8,13H2,(H,16,18). The topological polar surface area (TPSA) is 85.3 Å². The van der Waals surface area contributed by atoms with Gasteiger partial charge in [-0.2, -0.15) is 5.10 Å². The fraction of sp³-hybridized carbons (Fsp3) is 0.417. The first kappa shape index (κ1) is 11.2. The second kappa shape index (κ2) is 4.06. The minimum absolute atomic E-state index is 0.122. The number of carbonyl (C=O) groups is 1. The van der Waals surface area contributed by atoms with Crippen LogP contribution in [-0.2, 0) is 0 Å². The maximum Gasteiger partial charge on any atom is 0.255 e. The second-order valence-corrected chi connectivity index (χ2v) is 4.76. The molecule has 2 aromatic rings. The molecule has 1 aliphatic carbocycles. The molecule has 2 heterocycles. The maximum absolute atomic E-state index is 12.2. The van der Waals surface area contributed by atoms with Crippen molar-refractivity contribution in [1.82, 2.24) is 19.9 Å². The number of aromatic nitrogens is 3. The SMILES string of the molecule is NCC1(NC(=O)c2cnn3ccncc23)CCC1. The number of hydrogen-bond donors (Lipinski definition) is 2. The second-order valence-electron chi connectivity index (χ2n) is 4.76. The molecule has 0 atom stereocenters. The summed E-state index contributed by atoms with van der Waals surface area (Å²) in [6, 6.07) is 0. The van der Waals surface area contributed by atoms with Crippen LogP contribution in [0.4, 0.5) is 0 Å². The summed E-state index contributed by atoms with van der Waals surface area (Å²) < 4.78 is 1.64. The van der Waals surface area contributed by atoms with Gasteiger partial charge in [-0.25, -0.2) is 4.52 Å². The van der Waals surface area contributed by atoms with Crippen LogP contribution < -0.4 is 11.1 Å². The molecule has 0 unspecified atom stereocenters. The maximum atomic E-state index is 12.2. The largest absolute Gasteiger partial charge is 0.345 e. The number of amides is 1. The number of nitrogens with zero attached hydrogens (tertiary/aromatic N) is 3. The van der Waals surface area contributed by atoms with Crippen molar-refractivity contribution in [3.05, 3.63) is 30.4 Å². The molecule has 94 valence electrons. The minimum Gasteiger partial charge on any atom is -0.345 e. The van der Waals surface area contributed by atoms with E-state index < -0.39 is 0 Å². The average Bonchev–Trinajstić information content (AvgIpc) is 2.77. The Morgan fingerprint density at radius 2 is 2.33 bits per heavy atom. The molecule has 0 spiro atoms. The molecule has 1 fully saturated rings. The molecule has 1 aliphatic rings. The van der Waals surface area contributed by atoms with E-state index in [4.69, 9.17) is 5.73 Å². The van der Waals surface area contributed by atoms with E-state index in [9.17, 15) is 4.79 Å². The van der Waals surface area contributed by atoms with Crippen LogP contribution >= 0.6 is 0 Å². The highest BCUT2D eigenvalue weighted by Gasteiger charge is 2.37. The van der Waals surface area contributed by atoms with E-state index in [0.29, 0.717) is 17.6 Å². The van der Waals surface area contributed by atoms with Gasteiger partial charge in [0.15, 0.2) is 0 Å². The van der Waals surface area contributed by atoms with E-state index in [-0.39, 0.29) is 11.4 Å². The minimum atomic E-state index is -0.215. The molecule has 1 amide bonds. The lowest BCUT2D eigenvalue weighted by Gasteiger charge is -2.41. The van der Waals surface area contributed by atoms with E-state index in [0.717, 1.165) is 19.3 Å². The Labute approximate surface area is 104 Å². The van der Waals surface area contributed by atoms with Crippen molar-refractivity contribution in [1.29, 1.82) is 0 Å². The average molecular weight is 245 g/mol. The van der Waals surface area contributed by atoms with E-state index in [1.165, 1.54) is 0 Å². The number of hydrogen-bond acceptors (Lipinski definition) is 4.